The standard InChI is InChI=1S/C15H17N3O2S/c1-9-4-6-11(7-5-9)10(2)18-13(15(19)20)8-12(17-18)14(21)16-3/h4-8,10H,1-3H3,(H,16,21)(H,19,20). The lowest BCUT2D eigenvalue weighted by Gasteiger charge is -2.15. The number of aromatic nitrogens is 2. The molecule has 1 unspecified atom stereocenters. The summed E-state index contributed by atoms with van der Waals surface area (Å²) < 4.78 is 1.49. The van der Waals surface area contributed by atoms with Crippen molar-refractivity contribution in [1.29, 1.82) is 0 Å². The molecule has 6 heteroatoms. The van der Waals surface area contributed by atoms with Crippen molar-refractivity contribution in [3.8, 4) is 0 Å². The summed E-state index contributed by atoms with van der Waals surface area (Å²) in [5.41, 5.74) is 2.73. The zero-order valence-electron chi connectivity index (χ0n) is 12.1. The topological polar surface area (TPSA) is 67.2 Å². The molecule has 21 heavy (non-hydrogen) atoms. The maximum absolute atomic E-state index is 11.4. The van der Waals surface area contributed by atoms with E-state index in [1.165, 1.54) is 10.7 Å². The second-order valence-electron chi connectivity index (χ2n) is 4.83. The van der Waals surface area contributed by atoms with Gasteiger partial charge in [-0.05, 0) is 19.4 Å². The maximum atomic E-state index is 11.4. The van der Waals surface area contributed by atoms with E-state index >= 15 is 0 Å². The minimum absolute atomic E-state index is 0.121. The van der Waals surface area contributed by atoms with Gasteiger partial charge >= 0.3 is 5.97 Å². The molecule has 0 bridgehead atoms. The number of aromatic carboxylic acids is 1. The minimum Gasteiger partial charge on any atom is -0.477 e. The van der Waals surface area contributed by atoms with E-state index in [0.717, 1.165) is 11.1 Å². The molecule has 2 aromatic rings. The van der Waals surface area contributed by atoms with E-state index in [2.05, 4.69) is 10.4 Å². The lowest BCUT2D eigenvalue weighted by Crippen LogP contribution is -2.18. The Morgan fingerprint density at radius 1 is 1.38 bits per heavy atom. The van der Waals surface area contributed by atoms with Gasteiger partial charge in [0.2, 0.25) is 0 Å². The number of carbonyl (C=O) groups is 1. The number of carboxylic acid groups (broad SMARTS) is 1. The van der Waals surface area contributed by atoms with Gasteiger partial charge in [0.15, 0.2) is 0 Å². The molecule has 2 rings (SSSR count). The first-order valence-electron chi connectivity index (χ1n) is 6.55. The van der Waals surface area contributed by atoms with Gasteiger partial charge in [0.05, 0.1) is 6.04 Å². The van der Waals surface area contributed by atoms with Crippen LogP contribution in [0.5, 0.6) is 0 Å². The molecule has 0 aliphatic heterocycles. The van der Waals surface area contributed by atoms with Gasteiger partial charge in [0.1, 0.15) is 16.4 Å². The number of nitrogens with one attached hydrogen (secondary N) is 1. The van der Waals surface area contributed by atoms with Gasteiger partial charge < -0.3 is 10.4 Å². The summed E-state index contributed by atoms with van der Waals surface area (Å²) in [6.07, 6.45) is 0. The molecule has 0 aliphatic rings. The number of aryl methyl sites for hydroxylation is 1. The molecule has 110 valence electrons. The highest BCUT2D eigenvalue weighted by molar-refractivity contribution is 7.80. The number of carboxylic acids is 1. The second-order valence-corrected chi connectivity index (χ2v) is 5.24. The summed E-state index contributed by atoms with van der Waals surface area (Å²) in [7, 11) is 1.69. The molecular formula is C15H17N3O2S. The molecule has 1 heterocycles. The Bertz CT molecular complexity index is 677. The van der Waals surface area contributed by atoms with Crippen LogP contribution in [0, 0.1) is 6.92 Å². The molecule has 1 atom stereocenters. The van der Waals surface area contributed by atoms with Crippen LogP contribution in [-0.2, 0) is 0 Å². The predicted octanol–water partition coefficient (Wildman–Crippen LogP) is 2.39. The fraction of sp³-hybridized carbons (Fsp3) is 0.267. The summed E-state index contributed by atoms with van der Waals surface area (Å²) >= 11 is 5.12. The summed E-state index contributed by atoms with van der Waals surface area (Å²) in [6.45, 7) is 3.92. The highest BCUT2D eigenvalue weighted by Gasteiger charge is 2.20. The lowest BCUT2D eigenvalue weighted by molar-refractivity contribution is 0.0682. The normalized spacial score (nSPS) is 12.0. The fourth-order valence-electron chi connectivity index (χ4n) is 2.07. The highest BCUT2D eigenvalue weighted by atomic mass is 32.1. The number of nitrogens with zero attached hydrogens (tertiary/aromatic N) is 2. The number of benzene rings is 1. The van der Waals surface area contributed by atoms with E-state index < -0.39 is 5.97 Å². The van der Waals surface area contributed by atoms with Gasteiger partial charge in [-0.15, -0.1) is 0 Å². The van der Waals surface area contributed by atoms with E-state index in [4.69, 9.17) is 12.2 Å². The van der Waals surface area contributed by atoms with Gasteiger partial charge in [0.25, 0.3) is 0 Å². The average Bonchev–Trinajstić information content (AvgIpc) is 2.92. The van der Waals surface area contributed by atoms with Gasteiger partial charge in [-0.2, -0.15) is 5.10 Å². The molecule has 1 aromatic heterocycles. The summed E-state index contributed by atoms with van der Waals surface area (Å²) in [5, 5.41) is 16.5. The molecule has 0 saturated heterocycles. The Morgan fingerprint density at radius 2 is 2.00 bits per heavy atom. The van der Waals surface area contributed by atoms with Gasteiger partial charge in [-0.1, -0.05) is 42.0 Å². The SMILES string of the molecule is CNC(=S)c1cc(C(=O)O)n(C(C)c2ccc(C)cc2)n1. The number of rotatable bonds is 4. The van der Waals surface area contributed by atoms with Gasteiger partial charge in [0, 0.05) is 13.1 Å². The summed E-state index contributed by atoms with van der Waals surface area (Å²) in [4.78, 5) is 11.8. The minimum atomic E-state index is -1.02. The van der Waals surface area contributed by atoms with E-state index in [9.17, 15) is 9.90 Å². The van der Waals surface area contributed by atoms with Crippen molar-refractivity contribution < 1.29 is 9.90 Å². The van der Waals surface area contributed by atoms with Crippen LogP contribution in [-0.4, -0.2) is 32.9 Å². The molecule has 0 saturated carbocycles. The third-order valence-corrected chi connectivity index (χ3v) is 3.75. The van der Waals surface area contributed by atoms with Crippen molar-refractivity contribution in [2.45, 2.75) is 19.9 Å². The predicted molar refractivity (Wildman–Crippen MR) is 84.9 cm³/mol. The Hall–Kier alpha value is -2.21. The molecular weight excluding hydrogens is 286 g/mol. The fourth-order valence-corrected chi connectivity index (χ4v) is 2.17. The maximum Gasteiger partial charge on any atom is 0.354 e. The van der Waals surface area contributed by atoms with Crippen LogP contribution in [0.1, 0.15) is 40.3 Å². The molecule has 0 radical (unpaired) electrons. The van der Waals surface area contributed by atoms with E-state index in [-0.39, 0.29) is 11.7 Å². The lowest BCUT2D eigenvalue weighted by atomic mass is 10.1. The first kappa shape index (κ1) is 15.2. The molecule has 0 fully saturated rings. The van der Waals surface area contributed by atoms with Gasteiger partial charge in [-0.25, -0.2) is 4.79 Å². The average molecular weight is 303 g/mol. The molecule has 1 aromatic carbocycles. The van der Waals surface area contributed by atoms with E-state index in [1.54, 1.807) is 7.05 Å². The number of thiocarbonyl (C=S) groups is 1. The summed E-state index contributed by atoms with van der Waals surface area (Å²) in [5.74, 6) is -1.02. The number of hydrogen-bond donors (Lipinski definition) is 2. The zero-order valence-corrected chi connectivity index (χ0v) is 12.9. The van der Waals surface area contributed by atoms with Crippen LogP contribution in [0.2, 0.25) is 0 Å². The third-order valence-electron chi connectivity index (χ3n) is 3.34. The third kappa shape index (κ3) is 3.11. The van der Waals surface area contributed by atoms with Crippen LogP contribution in [0.3, 0.4) is 0 Å². The molecule has 5 nitrogen and oxygen atoms in total. The Balaban J connectivity index is 2.46. The van der Waals surface area contributed by atoms with Crippen LogP contribution >= 0.6 is 12.2 Å². The van der Waals surface area contributed by atoms with Crippen LogP contribution in [0.15, 0.2) is 30.3 Å². The Kier molecular flexibility index (Phi) is 4.37. The molecule has 0 spiro atoms. The monoisotopic (exact) mass is 303 g/mol. The van der Waals surface area contributed by atoms with Crippen molar-refractivity contribution >= 4 is 23.2 Å². The first-order chi connectivity index (χ1) is 9.93. The Labute approximate surface area is 128 Å². The van der Waals surface area contributed by atoms with E-state index in [1.807, 2.05) is 38.1 Å². The second kappa shape index (κ2) is 6.05. The highest BCUT2D eigenvalue weighted by Crippen LogP contribution is 2.21. The number of hydrogen-bond acceptors (Lipinski definition) is 3. The van der Waals surface area contributed by atoms with Crippen molar-refractivity contribution in [3.05, 3.63) is 52.8 Å². The van der Waals surface area contributed by atoms with Crippen LogP contribution in [0.25, 0.3) is 0 Å². The first-order valence-corrected chi connectivity index (χ1v) is 6.96. The summed E-state index contributed by atoms with van der Waals surface area (Å²) in [6, 6.07) is 9.24. The van der Waals surface area contributed by atoms with E-state index in [0.29, 0.717) is 10.7 Å². The van der Waals surface area contributed by atoms with Crippen molar-refractivity contribution in [3.63, 3.8) is 0 Å². The molecule has 0 amide bonds. The largest absolute Gasteiger partial charge is 0.477 e. The molecule has 0 aliphatic carbocycles. The van der Waals surface area contributed by atoms with Crippen molar-refractivity contribution in [2.75, 3.05) is 7.05 Å². The van der Waals surface area contributed by atoms with Crippen LogP contribution in [0.4, 0.5) is 0 Å². The van der Waals surface area contributed by atoms with Crippen LogP contribution < -0.4 is 5.32 Å². The van der Waals surface area contributed by atoms with Crippen molar-refractivity contribution in [1.82, 2.24) is 15.1 Å². The Morgan fingerprint density at radius 3 is 2.52 bits per heavy atom. The smallest absolute Gasteiger partial charge is 0.354 e. The molecule has 2 N–H and O–H groups in total. The van der Waals surface area contributed by atoms with Gasteiger partial charge in [-0.3, -0.25) is 4.68 Å². The quantitative estimate of drug-likeness (QED) is 0.849. The van der Waals surface area contributed by atoms with Crippen molar-refractivity contribution in [2.24, 2.45) is 0 Å². The zero-order chi connectivity index (χ0) is 15.6.